The monoisotopic (exact) mass is 238 g/mol. The molecule has 0 amide bonds. The van der Waals surface area contributed by atoms with Gasteiger partial charge < -0.3 is 10.6 Å². The van der Waals surface area contributed by atoms with Gasteiger partial charge in [0.1, 0.15) is 0 Å². The van der Waals surface area contributed by atoms with Gasteiger partial charge in [-0.3, -0.25) is 0 Å². The maximum Gasteiger partial charge on any atom is 0.0658 e. The van der Waals surface area contributed by atoms with Gasteiger partial charge in [-0.25, -0.2) is 0 Å². The van der Waals surface area contributed by atoms with Gasteiger partial charge in [-0.05, 0) is 50.3 Å². The van der Waals surface area contributed by atoms with E-state index in [0.29, 0.717) is 5.02 Å². The zero-order chi connectivity index (χ0) is 11.7. The topological polar surface area (TPSA) is 29.3 Å². The SMILES string of the molecule is Cc1c(N2CCCCC2)cc(Cl)c(N)c1C. The summed E-state index contributed by atoms with van der Waals surface area (Å²) in [4.78, 5) is 2.43. The molecule has 88 valence electrons. The highest BCUT2D eigenvalue weighted by molar-refractivity contribution is 6.33. The molecule has 0 atom stereocenters. The molecular weight excluding hydrogens is 220 g/mol. The van der Waals surface area contributed by atoms with E-state index < -0.39 is 0 Å². The van der Waals surface area contributed by atoms with Crippen LogP contribution in [0, 0.1) is 13.8 Å². The lowest BCUT2D eigenvalue weighted by Crippen LogP contribution is -2.30. The van der Waals surface area contributed by atoms with Crippen molar-refractivity contribution >= 4 is 23.0 Å². The van der Waals surface area contributed by atoms with Crippen LogP contribution in [-0.2, 0) is 0 Å². The molecule has 2 nitrogen and oxygen atoms in total. The molecule has 2 rings (SSSR count). The van der Waals surface area contributed by atoms with Gasteiger partial charge >= 0.3 is 0 Å². The molecule has 1 aromatic rings. The summed E-state index contributed by atoms with van der Waals surface area (Å²) in [7, 11) is 0. The highest BCUT2D eigenvalue weighted by Crippen LogP contribution is 2.34. The summed E-state index contributed by atoms with van der Waals surface area (Å²) in [5.74, 6) is 0. The van der Waals surface area contributed by atoms with Crippen molar-refractivity contribution in [2.45, 2.75) is 33.1 Å². The van der Waals surface area contributed by atoms with Crippen LogP contribution in [0.15, 0.2) is 6.07 Å². The van der Waals surface area contributed by atoms with Gasteiger partial charge in [-0.2, -0.15) is 0 Å². The number of rotatable bonds is 1. The second kappa shape index (κ2) is 4.54. The smallest absolute Gasteiger partial charge is 0.0658 e. The lowest BCUT2D eigenvalue weighted by molar-refractivity contribution is 0.577. The van der Waals surface area contributed by atoms with Gasteiger partial charge in [0.2, 0.25) is 0 Å². The number of hydrogen-bond acceptors (Lipinski definition) is 2. The zero-order valence-electron chi connectivity index (χ0n) is 10.0. The van der Waals surface area contributed by atoms with Gasteiger partial charge in [-0.1, -0.05) is 11.6 Å². The fraction of sp³-hybridized carbons (Fsp3) is 0.538. The number of nitrogen functional groups attached to an aromatic ring is 1. The third-order valence-electron chi connectivity index (χ3n) is 3.57. The summed E-state index contributed by atoms with van der Waals surface area (Å²) in [5.41, 5.74) is 10.3. The summed E-state index contributed by atoms with van der Waals surface area (Å²) in [5, 5.41) is 0.684. The van der Waals surface area contributed by atoms with E-state index in [1.165, 1.54) is 30.5 Å². The molecule has 1 fully saturated rings. The number of hydrogen-bond donors (Lipinski definition) is 1. The molecule has 1 heterocycles. The molecule has 0 spiro atoms. The minimum absolute atomic E-state index is 0.684. The standard InChI is InChI=1S/C13H19ClN2/c1-9-10(2)13(15)11(14)8-12(9)16-6-4-3-5-7-16/h8H,3-7,15H2,1-2H3. The Bertz CT molecular complexity index is 395. The average Bonchev–Trinajstić information content (AvgIpc) is 2.32. The summed E-state index contributed by atoms with van der Waals surface area (Å²) >= 11 is 6.16. The molecule has 0 bridgehead atoms. The molecule has 0 aromatic heterocycles. The molecular formula is C13H19ClN2. The van der Waals surface area contributed by atoms with E-state index in [1.54, 1.807) is 0 Å². The Kier molecular flexibility index (Phi) is 3.29. The van der Waals surface area contributed by atoms with Crippen LogP contribution in [0.25, 0.3) is 0 Å². The Hall–Kier alpha value is -0.890. The summed E-state index contributed by atoms with van der Waals surface area (Å²) in [6.45, 7) is 6.46. The van der Waals surface area contributed by atoms with E-state index in [0.717, 1.165) is 24.3 Å². The van der Waals surface area contributed by atoms with Crippen molar-refractivity contribution < 1.29 is 0 Å². The molecule has 0 radical (unpaired) electrons. The van der Waals surface area contributed by atoms with Crippen molar-refractivity contribution in [1.82, 2.24) is 0 Å². The van der Waals surface area contributed by atoms with Crippen molar-refractivity contribution in [3.8, 4) is 0 Å². The molecule has 2 N–H and O–H groups in total. The zero-order valence-corrected chi connectivity index (χ0v) is 10.8. The van der Waals surface area contributed by atoms with E-state index in [9.17, 15) is 0 Å². The average molecular weight is 239 g/mol. The van der Waals surface area contributed by atoms with E-state index in [2.05, 4.69) is 11.8 Å². The molecule has 16 heavy (non-hydrogen) atoms. The van der Waals surface area contributed by atoms with Gasteiger partial charge in [0.15, 0.2) is 0 Å². The van der Waals surface area contributed by atoms with Crippen LogP contribution in [0.5, 0.6) is 0 Å². The van der Waals surface area contributed by atoms with E-state index in [1.807, 2.05) is 13.0 Å². The normalized spacial score (nSPS) is 16.6. The molecule has 1 aliphatic rings. The van der Waals surface area contributed by atoms with Gasteiger partial charge in [-0.15, -0.1) is 0 Å². The van der Waals surface area contributed by atoms with Crippen molar-refractivity contribution in [2.24, 2.45) is 0 Å². The van der Waals surface area contributed by atoms with Crippen LogP contribution < -0.4 is 10.6 Å². The molecule has 1 saturated heterocycles. The number of nitrogens with two attached hydrogens (primary N) is 1. The molecule has 3 heteroatoms. The first kappa shape index (κ1) is 11.6. The Morgan fingerprint density at radius 1 is 1.12 bits per heavy atom. The minimum atomic E-state index is 0.684. The third-order valence-corrected chi connectivity index (χ3v) is 3.88. The number of piperidine rings is 1. The van der Waals surface area contributed by atoms with Gasteiger partial charge in [0.05, 0.1) is 10.7 Å². The fourth-order valence-electron chi connectivity index (χ4n) is 2.34. The van der Waals surface area contributed by atoms with E-state index >= 15 is 0 Å². The van der Waals surface area contributed by atoms with E-state index in [4.69, 9.17) is 17.3 Å². The van der Waals surface area contributed by atoms with E-state index in [-0.39, 0.29) is 0 Å². The number of anilines is 2. The molecule has 0 unspecified atom stereocenters. The van der Waals surface area contributed by atoms with Crippen molar-refractivity contribution in [2.75, 3.05) is 23.7 Å². The Labute approximate surface area is 102 Å². The Morgan fingerprint density at radius 2 is 1.75 bits per heavy atom. The molecule has 1 aliphatic heterocycles. The number of halogens is 1. The third kappa shape index (κ3) is 1.99. The van der Waals surface area contributed by atoms with Crippen LogP contribution in [0.4, 0.5) is 11.4 Å². The van der Waals surface area contributed by atoms with Crippen LogP contribution in [0.1, 0.15) is 30.4 Å². The lowest BCUT2D eigenvalue weighted by atomic mass is 10.0. The van der Waals surface area contributed by atoms with Crippen molar-refractivity contribution in [3.05, 3.63) is 22.2 Å². The Balaban J connectivity index is 2.40. The minimum Gasteiger partial charge on any atom is -0.397 e. The van der Waals surface area contributed by atoms with Crippen molar-refractivity contribution in [3.63, 3.8) is 0 Å². The number of nitrogens with zero attached hydrogens (tertiary/aromatic N) is 1. The second-order valence-electron chi connectivity index (χ2n) is 4.59. The maximum absolute atomic E-state index is 6.16. The molecule has 0 saturated carbocycles. The quantitative estimate of drug-likeness (QED) is 0.759. The number of benzene rings is 1. The maximum atomic E-state index is 6.16. The lowest BCUT2D eigenvalue weighted by Gasteiger charge is -2.31. The van der Waals surface area contributed by atoms with Crippen LogP contribution in [0.2, 0.25) is 5.02 Å². The van der Waals surface area contributed by atoms with Gasteiger partial charge in [0, 0.05) is 18.8 Å². The molecule has 0 aliphatic carbocycles. The van der Waals surface area contributed by atoms with Crippen molar-refractivity contribution in [1.29, 1.82) is 0 Å². The first-order chi connectivity index (χ1) is 7.61. The summed E-state index contributed by atoms with van der Waals surface area (Å²) < 4.78 is 0. The van der Waals surface area contributed by atoms with Crippen LogP contribution in [-0.4, -0.2) is 13.1 Å². The predicted molar refractivity (Wildman–Crippen MR) is 71.4 cm³/mol. The van der Waals surface area contributed by atoms with Gasteiger partial charge in [0.25, 0.3) is 0 Å². The predicted octanol–water partition coefficient (Wildman–Crippen LogP) is 3.53. The first-order valence-corrected chi connectivity index (χ1v) is 6.29. The highest BCUT2D eigenvalue weighted by Gasteiger charge is 2.16. The Morgan fingerprint density at radius 3 is 2.38 bits per heavy atom. The fourth-order valence-corrected chi connectivity index (χ4v) is 2.59. The molecule has 1 aromatic carbocycles. The summed E-state index contributed by atoms with van der Waals surface area (Å²) in [6.07, 6.45) is 3.90. The van der Waals surface area contributed by atoms with Crippen LogP contribution >= 0.6 is 11.6 Å². The largest absolute Gasteiger partial charge is 0.397 e. The second-order valence-corrected chi connectivity index (χ2v) is 5.00. The summed E-state index contributed by atoms with van der Waals surface area (Å²) in [6, 6.07) is 2.02. The highest BCUT2D eigenvalue weighted by atomic mass is 35.5. The van der Waals surface area contributed by atoms with Crippen LogP contribution in [0.3, 0.4) is 0 Å². The first-order valence-electron chi connectivity index (χ1n) is 5.91.